The summed E-state index contributed by atoms with van der Waals surface area (Å²) < 4.78 is 0. The average molecular weight is 209 g/mol. The van der Waals surface area contributed by atoms with E-state index in [1.807, 2.05) is 18.3 Å². The Morgan fingerprint density at radius 2 is 2.20 bits per heavy atom. The fourth-order valence-electron chi connectivity index (χ4n) is 2.52. The van der Waals surface area contributed by atoms with Crippen LogP contribution in [0.4, 0.5) is 0 Å². The predicted octanol–water partition coefficient (Wildman–Crippen LogP) is -0.0445. The first-order valence-corrected chi connectivity index (χ1v) is 5.52. The standard InChI is InChI=1S/C11H19N3O/c12-8-10(15)11(3-6-13-7-4-11)9-2-1-5-14-9/h1-2,5,10,13-15H,3-4,6-8,12H2. The van der Waals surface area contributed by atoms with Crippen molar-refractivity contribution in [3.63, 3.8) is 0 Å². The lowest BCUT2D eigenvalue weighted by Gasteiger charge is -2.40. The Labute approximate surface area is 89.9 Å². The minimum atomic E-state index is -0.460. The highest BCUT2D eigenvalue weighted by molar-refractivity contribution is 5.21. The smallest absolute Gasteiger partial charge is 0.0774 e. The van der Waals surface area contributed by atoms with Crippen LogP contribution < -0.4 is 11.1 Å². The Hall–Kier alpha value is -0.840. The van der Waals surface area contributed by atoms with Crippen LogP contribution in [0, 0.1) is 0 Å². The van der Waals surface area contributed by atoms with Gasteiger partial charge in [-0.1, -0.05) is 0 Å². The van der Waals surface area contributed by atoms with Gasteiger partial charge in [-0.15, -0.1) is 0 Å². The zero-order valence-electron chi connectivity index (χ0n) is 8.87. The third-order valence-corrected chi connectivity index (χ3v) is 3.49. The molecule has 0 bridgehead atoms. The van der Waals surface area contributed by atoms with Crippen molar-refractivity contribution in [2.24, 2.45) is 5.73 Å². The summed E-state index contributed by atoms with van der Waals surface area (Å²) in [4.78, 5) is 3.22. The molecule has 2 rings (SSSR count). The van der Waals surface area contributed by atoms with Gasteiger partial charge in [-0.2, -0.15) is 0 Å². The molecule has 1 unspecified atom stereocenters. The zero-order valence-corrected chi connectivity index (χ0v) is 8.87. The molecule has 4 heteroatoms. The van der Waals surface area contributed by atoms with Crippen LogP contribution in [0.25, 0.3) is 0 Å². The van der Waals surface area contributed by atoms with Gasteiger partial charge >= 0.3 is 0 Å². The SMILES string of the molecule is NCC(O)C1(c2ccc[nH]2)CCNCC1. The Morgan fingerprint density at radius 3 is 2.73 bits per heavy atom. The molecule has 1 atom stereocenters. The topological polar surface area (TPSA) is 74.1 Å². The molecule has 1 aromatic heterocycles. The monoisotopic (exact) mass is 209 g/mol. The van der Waals surface area contributed by atoms with Gasteiger partial charge in [0.15, 0.2) is 0 Å². The van der Waals surface area contributed by atoms with Crippen molar-refractivity contribution in [2.45, 2.75) is 24.4 Å². The van der Waals surface area contributed by atoms with Crippen molar-refractivity contribution in [1.29, 1.82) is 0 Å². The minimum Gasteiger partial charge on any atom is -0.391 e. The van der Waals surface area contributed by atoms with E-state index in [1.54, 1.807) is 0 Å². The molecule has 2 heterocycles. The van der Waals surface area contributed by atoms with Gasteiger partial charge in [0.05, 0.1) is 6.10 Å². The molecular formula is C11H19N3O. The normalized spacial score (nSPS) is 22.5. The number of aliphatic hydroxyl groups excluding tert-OH is 1. The number of hydrogen-bond donors (Lipinski definition) is 4. The van der Waals surface area contributed by atoms with Gasteiger partial charge in [0.25, 0.3) is 0 Å². The molecule has 0 aliphatic carbocycles. The van der Waals surface area contributed by atoms with Crippen molar-refractivity contribution in [3.8, 4) is 0 Å². The van der Waals surface area contributed by atoms with Gasteiger partial charge in [-0.25, -0.2) is 0 Å². The molecule has 0 saturated carbocycles. The molecule has 0 amide bonds. The molecule has 15 heavy (non-hydrogen) atoms. The summed E-state index contributed by atoms with van der Waals surface area (Å²) >= 11 is 0. The first kappa shape index (κ1) is 10.7. The number of nitrogens with two attached hydrogens (primary N) is 1. The maximum atomic E-state index is 10.1. The predicted molar refractivity (Wildman–Crippen MR) is 59.6 cm³/mol. The van der Waals surface area contributed by atoms with E-state index >= 15 is 0 Å². The Balaban J connectivity index is 2.29. The number of nitrogens with one attached hydrogen (secondary N) is 2. The summed E-state index contributed by atoms with van der Waals surface area (Å²) in [6.07, 6.45) is 3.32. The lowest BCUT2D eigenvalue weighted by molar-refractivity contribution is 0.0626. The number of H-pyrrole nitrogens is 1. The average Bonchev–Trinajstić information content (AvgIpc) is 2.83. The molecule has 1 aliphatic rings. The number of aliphatic hydroxyl groups is 1. The second kappa shape index (κ2) is 4.35. The van der Waals surface area contributed by atoms with Crippen LogP contribution in [0.3, 0.4) is 0 Å². The number of aromatic nitrogens is 1. The van der Waals surface area contributed by atoms with Crippen molar-refractivity contribution >= 4 is 0 Å². The largest absolute Gasteiger partial charge is 0.391 e. The number of piperidine rings is 1. The maximum Gasteiger partial charge on any atom is 0.0774 e. The van der Waals surface area contributed by atoms with Gasteiger partial charge in [0.1, 0.15) is 0 Å². The van der Waals surface area contributed by atoms with Gasteiger partial charge in [-0.05, 0) is 38.1 Å². The third kappa shape index (κ3) is 1.80. The van der Waals surface area contributed by atoms with Crippen LogP contribution in [0.1, 0.15) is 18.5 Å². The van der Waals surface area contributed by atoms with Gasteiger partial charge < -0.3 is 21.1 Å². The van der Waals surface area contributed by atoms with Crippen molar-refractivity contribution in [2.75, 3.05) is 19.6 Å². The fourth-order valence-corrected chi connectivity index (χ4v) is 2.52. The van der Waals surface area contributed by atoms with Crippen molar-refractivity contribution in [3.05, 3.63) is 24.0 Å². The Morgan fingerprint density at radius 1 is 1.47 bits per heavy atom. The van der Waals surface area contributed by atoms with E-state index in [4.69, 9.17) is 5.73 Å². The van der Waals surface area contributed by atoms with Gasteiger partial charge in [0, 0.05) is 23.9 Å². The van der Waals surface area contributed by atoms with E-state index in [1.165, 1.54) is 0 Å². The second-order valence-electron chi connectivity index (χ2n) is 4.24. The summed E-state index contributed by atoms with van der Waals surface area (Å²) in [5.41, 5.74) is 6.55. The lowest BCUT2D eigenvalue weighted by atomic mass is 9.71. The number of rotatable bonds is 3. The lowest BCUT2D eigenvalue weighted by Crippen LogP contribution is -2.50. The van der Waals surface area contributed by atoms with E-state index in [2.05, 4.69) is 10.3 Å². The van der Waals surface area contributed by atoms with Crippen LogP contribution in [-0.2, 0) is 5.41 Å². The van der Waals surface area contributed by atoms with Crippen molar-refractivity contribution in [1.82, 2.24) is 10.3 Å². The van der Waals surface area contributed by atoms with Crippen molar-refractivity contribution < 1.29 is 5.11 Å². The molecule has 1 aromatic rings. The van der Waals surface area contributed by atoms with Crippen LogP contribution in [-0.4, -0.2) is 35.8 Å². The van der Waals surface area contributed by atoms with Crippen LogP contribution in [0.15, 0.2) is 18.3 Å². The zero-order chi connectivity index (χ0) is 10.7. The summed E-state index contributed by atoms with van der Waals surface area (Å²) in [7, 11) is 0. The number of hydrogen-bond acceptors (Lipinski definition) is 3. The molecule has 1 fully saturated rings. The van der Waals surface area contributed by atoms with Gasteiger partial charge in [0.2, 0.25) is 0 Å². The molecule has 4 nitrogen and oxygen atoms in total. The highest BCUT2D eigenvalue weighted by Crippen LogP contribution is 2.35. The summed E-state index contributed by atoms with van der Waals surface area (Å²) in [5, 5.41) is 13.4. The molecule has 0 radical (unpaired) electrons. The van der Waals surface area contributed by atoms with E-state index in [-0.39, 0.29) is 5.41 Å². The maximum absolute atomic E-state index is 10.1. The molecule has 84 valence electrons. The molecule has 1 saturated heterocycles. The van der Waals surface area contributed by atoms with Crippen LogP contribution in [0.5, 0.6) is 0 Å². The fraction of sp³-hybridized carbons (Fsp3) is 0.636. The molecule has 0 aromatic carbocycles. The Kier molecular flexibility index (Phi) is 3.09. The van der Waals surface area contributed by atoms with Crippen LogP contribution in [0.2, 0.25) is 0 Å². The quantitative estimate of drug-likeness (QED) is 0.564. The molecule has 5 N–H and O–H groups in total. The highest BCUT2D eigenvalue weighted by atomic mass is 16.3. The van der Waals surface area contributed by atoms with E-state index in [0.29, 0.717) is 6.54 Å². The molecular weight excluding hydrogens is 190 g/mol. The van der Waals surface area contributed by atoms with Crippen LogP contribution >= 0.6 is 0 Å². The van der Waals surface area contributed by atoms with E-state index < -0.39 is 6.10 Å². The highest BCUT2D eigenvalue weighted by Gasteiger charge is 2.40. The molecule has 0 spiro atoms. The first-order chi connectivity index (χ1) is 7.29. The van der Waals surface area contributed by atoms with E-state index in [0.717, 1.165) is 31.6 Å². The Bertz CT molecular complexity index is 291. The summed E-state index contributed by atoms with van der Waals surface area (Å²) in [6.45, 7) is 2.20. The summed E-state index contributed by atoms with van der Waals surface area (Å²) in [5.74, 6) is 0. The van der Waals surface area contributed by atoms with Gasteiger partial charge in [-0.3, -0.25) is 0 Å². The molecule has 1 aliphatic heterocycles. The number of aromatic amines is 1. The third-order valence-electron chi connectivity index (χ3n) is 3.49. The second-order valence-corrected chi connectivity index (χ2v) is 4.24. The minimum absolute atomic E-state index is 0.177. The summed E-state index contributed by atoms with van der Waals surface area (Å²) in [6, 6.07) is 4.02. The first-order valence-electron chi connectivity index (χ1n) is 5.52. The van der Waals surface area contributed by atoms with E-state index in [9.17, 15) is 5.11 Å².